The van der Waals surface area contributed by atoms with E-state index >= 15 is 4.39 Å². The molecular weight excluding hydrogens is 478 g/mol. The number of halogens is 5. The third-order valence-corrected chi connectivity index (χ3v) is 6.18. The zero-order valence-electron chi connectivity index (χ0n) is 16.6. The minimum atomic E-state index is -4.84. The number of fused-ring (bicyclic) bond motifs is 4. The Morgan fingerprint density at radius 1 is 1.16 bits per heavy atom. The summed E-state index contributed by atoms with van der Waals surface area (Å²) in [7, 11) is 0. The summed E-state index contributed by atoms with van der Waals surface area (Å²) < 4.78 is 61.2. The number of aromatic amines is 1. The van der Waals surface area contributed by atoms with E-state index in [-0.39, 0.29) is 22.8 Å². The van der Waals surface area contributed by atoms with Crippen molar-refractivity contribution in [3.8, 4) is 16.8 Å². The largest absolute Gasteiger partial charge is 0.419 e. The molecule has 0 atom stereocenters. The molecule has 1 aliphatic heterocycles. The first-order valence-corrected chi connectivity index (χ1v) is 10.2. The van der Waals surface area contributed by atoms with E-state index in [0.29, 0.717) is 21.2 Å². The van der Waals surface area contributed by atoms with Crippen LogP contribution in [-0.2, 0) is 11.7 Å². The number of H-pyrrole nitrogens is 1. The number of nitrogens with one attached hydrogen (secondary N) is 2. The Bertz CT molecular complexity index is 1370. The molecule has 0 saturated heterocycles. The average Bonchev–Trinajstić information content (AvgIpc) is 3.24. The lowest BCUT2D eigenvalue weighted by Crippen LogP contribution is -2.37. The molecule has 0 spiro atoms. The Labute approximate surface area is 182 Å². The maximum Gasteiger partial charge on any atom is 0.419 e. The van der Waals surface area contributed by atoms with Gasteiger partial charge in [-0.15, -0.1) is 10.2 Å². The number of rotatable bonds is 1. The molecule has 10 heteroatoms. The van der Waals surface area contributed by atoms with Crippen LogP contribution < -0.4 is 5.32 Å². The standard InChI is InChI=1S/C21H16BrF4N5/c1-9-29-30-19-20(2,3)28-14-7-13(23)15(16(21(24,25)26)18(14)31(9)19)11-6-4-5-10-12(22)8-27-17(10)11/h4-8,27-28H,1-3H3. The van der Waals surface area contributed by atoms with Gasteiger partial charge in [0.05, 0.1) is 28.0 Å². The Morgan fingerprint density at radius 3 is 2.61 bits per heavy atom. The second kappa shape index (κ2) is 6.32. The zero-order valence-corrected chi connectivity index (χ0v) is 18.2. The molecule has 1 aliphatic rings. The first-order valence-electron chi connectivity index (χ1n) is 9.41. The van der Waals surface area contributed by atoms with Gasteiger partial charge in [-0.3, -0.25) is 4.57 Å². The smallest absolute Gasteiger partial charge is 0.371 e. The number of aryl methyl sites for hydroxylation is 1. The predicted molar refractivity (Wildman–Crippen MR) is 113 cm³/mol. The van der Waals surface area contributed by atoms with Gasteiger partial charge in [0, 0.05) is 27.2 Å². The minimum absolute atomic E-state index is 0.0359. The van der Waals surface area contributed by atoms with Gasteiger partial charge in [0.25, 0.3) is 0 Å². The van der Waals surface area contributed by atoms with Crippen molar-refractivity contribution in [1.29, 1.82) is 0 Å². The lowest BCUT2D eigenvalue weighted by atomic mass is 9.91. The molecule has 4 aromatic rings. The third kappa shape index (κ3) is 2.80. The normalized spacial score (nSPS) is 15.0. The van der Waals surface area contributed by atoms with Gasteiger partial charge in [-0.25, -0.2) is 4.39 Å². The van der Waals surface area contributed by atoms with Crippen molar-refractivity contribution in [3.63, 3.8) is 0 Å². The molecule has 5 nitrogen and oxygen atoms in total. The monoisotopic (exact) mass is 493 g/mol. The molecule has 0 radical (unpaired) electrons. The van der Waals surface area contributed by atoms with Crippen molar-refractivity contribution in [2.24, 2.45) is 0 Å². The second-order valence-electron chi connectivity index (χ2n) is 8.02. The minimum Gasteiger partial charge on any atom is -0.371 e. The summed E-state index contributed by atoms with van der Waals surface area (Å²) in [5, 5.41) is 11.7. The molecule has 2 aromatic heterocycles. The quantitative estimate of drug-likeness (QED) is 0.305. The molecule has 2 N–H and O–H groups in total. The lowest BCUT2D eigenvalue weighted by molar-refractivity contribution is -0.137. The number of benzene rings is 2. The molecule has 0 saturated carbocycles. The van der Waals surface area contributed by atoms with Crippen LogP contribution in [-0.4, -0.2) is 19.7 Å². The van der Waals surface area contributed by atoms with Gasteiger partial charge < -0.3 is 10.3 Å². The molecule has 0 fully saturated rings. The van der Waals surface area contributed by atoms with Gasteiger partial charge in [-0.05, 0) is 42.8 Å². The van der Waals surface area contributed by atoms with E-state index in [1.807, 2.05) is 0 Å². The number of aromatic nitrogens is 4. The van der Waals surface area contributed by atoms with E-state index in [0.717, 1.165) is 6.07 Å². The van der Waals surface area contributed by atoms with Crippen LogP contribution in [0.5, 0.6) is 0 Å². The molecule has 31 heavy (non-hydrogen) atoms. The molecule has 5 rings (SSSR count). The van der Waals surface area contributed by atoms with E-state index in [4.69, 9.17) is 0 Å². The van der Waals surface area contributed by atoms with Crippen LogP contribution in [0.1, 0.15) is 31.1 Å². The fourth-order valence-corrected chi connectivity index (χ4v) is 4.71. The van der Waals surface area contributed by atoms with Gasteiger partial charge >= 0.3 is 6.18 Å². The molecule has 3 heterocycles. The summed E-state index contributed by atoms with van der Waals surface area (Å²) in [5.74, 6) is -0.363. The van der Waals surface area contributed by atoms with Gasteiger partial charge in [0.2, 0.25) is 0 Å². The number of hydrogen-bond donors (Lipinski definition) is 2. The van der Waals surface area contributed by atoms with E-state index in [2.05, 4.69) is 36.4 Å². The first kappa shape index (κ1) is 20.0. The van der Waals surface area contributed by atoms with Crippen molar-refractivity contribution in [3.05, 3.63) is 58.0 Å². The highest BCUT2D eigenvalue weighted by Crippen LogP contribution is 2.50. The van der Waals surface area contributed by atoms with E-state index in [1.165, 1.54) is 10.6 Å². The molecule has 0 unspecified atom stereocenters. The van der Waals surface area contributed by atoms with Gasteiger partial charge in [-0.1, -0.05) is 18.2 Å². The van der Waals surface area contributed by atoms with Crippen molar-refractivity contribution < 1.29 is 17.6 Å². The summed E-state index contributed by atoms with van der Waals surface area (Å²) in [6.45, 7) is 5.09. The molecule has 0 amide bonds. The maximum absolute atomic E-state index is 15.4. The van der Waals surface area contributed by atoms with Crippen molar-refractivity contribution >= 4 is 32.5 Å². The van der Waals surface area contributed by atoms with Crippen LogP contribution in [0.25, 0.3) is 27.7 Å². The zero-order chi connectivity index (χ0) is 22.3. The fraction of sp³-hybridized carbons (Fsp3) is 0.238. The Kier molecular flexibility index (Phi) is 4.09. The van der Waals surface area contributed by atoms with Gasteiger partial charge in [0.1, 0.15) is 11.6 Å². The van der Waals surface area contributed by atoms with Crippen LogP contribution >= 0.6 is 15.9 Å². The highest BCUT2D eigenvalue weighted by Gasteiger charge is 2.45. The summed E-state index contributed by atoms with van der Waals surface area (Å²) in [6.07, 6.45) is -3.23. The fourth-order valence-electron chi connectivity index (χ4n) is 4.26. The van der Waals surface area contributed by atoms with Crippen LogP contribution in [0.15, 0.2) is 34.9 Å². The summed E-state index contributed by atoms with van der Waals surface area (Å²) in [5.41, 5.74) is -2.08. The summed E-state index contributed by atoms with van der Waals surface area (Å²) >= 11 is 3.37. The maximum atomic E-state index is 15.4. The molecule has 0 bridgehead atoms. The van der Waals surface area contributed by atoms with Gasteiger partial charge in [0.15, 0.2) is 5.82 Å². The summed E-state index contributed by atoms with van der Waals surface area (Å²) in [6, 6.07) is 5.94. The highest BCUT2D eigenvalue weighted by atomic mass is 79.9. The van der Waals surface area contributed by atoms with Crippen molar-refractivity contribution in [1.82, 2.24) is 19.7 Å². The third-order valence-electron chi connectivity index (χ3n) is 5.52. The Hall–Kier alpha value is -2.88. The van der Waals surface area contributed by atoms with E-state index in [1.54, 1.807) is 39.1 Å². The van der Waals surface area contributed by atoms with Crippen molar-refractivity contribution in [2.75, 3.05) is 5.32 Å². The van der Waals surface area contributed by atoms with Crippen LogP contribution in [0.4, 0.5) is 23.2 Å². The second-order valence-corrected chi connectivity index (χ2v) is 8.88. The molecular formula is C21H16BrF4N5. The van der Waals surface area contributed by atoms with Crippen LogP contribution in [0, 0.1) is 12.7 Å². The Morgan fingerprint density at radius 2 is 1.90 bits per heavy atom. The van der Waals surface area contributed by atoms with E-state index < -0.39 is 28.7 Å². The van der Waals surface area contributed by atoms with Crippen LogP contribution in [0.3, 0.4) is 0 Å². The molecule has 2 aromatic carbocycles. The SMILES string of the molecule is Cc1nnc2n1-c1c(cc(F)c(-c3cccc4c(Br)c[nH]c34)c1C(F)(F)F)NC2(C)C. The Balaban J connectivity index is 1.95. The number of hydrogen-bond acceptors (Lipinski definition) is 3. The summed E-state index contributed by atoms with van der Waals surface area (Å²) in [4.78, 5) is 2.95. The highest BCUT2D eigenvalue weighted by molar-refractivity contribution is 9.10. The molecule has 160 valence electrons. The first-order chi connectivity index (χ1) is 14.5. The topological polar surface area (TPSA) is 58.5 Å². The van der Waals surface area contributed by atoms with E-state index in [9.17, 15) is 13.2 Å². The average molecular weight is 494 g/mol. The number of alkyl halides is 3. The molecule has 0 aliphatic carbocycles. The number of nitrogens with zero attached hydrogens (tertiary/aromatic N) is 3. The van der Waals surface area contributed by atoms with Crippen molar-refractivity contribution in [2.45, 2.75) is 32.5 Å². The van der Waals surface area contributed by atoms with Gasteiger partial charge in [-0.2, -0.15) is 13.2 Å². The van der Waals surface area contributed by atoms with Crippen LogP contribution in [0.2, 0.25) is 0 Å². The predicted octanol–water partition coefficient (Wildman–Crippen LogP) is 6.31. The number of anilines is 1. The number of para-hydroxylation sites is 1. The lowest BCUT2D eigenvalue weighted by Gasteiger charge is -2.36.